The van der Waals surface area contributed by atoms with Crippen molar-refractivity contribution in [2.75, 3.05) is 24.3 Å². The van der Waals surface area contributed by atoms with Crippen LogP contribution in [-0.4, -0.2) is 36.8 Å². The Balaban J connectivity index is 2.59. The van der Waals surface area contributed by atoms with Crippen molar-refractivity contribution in [1.82, 2.24) is 5.32 Å². The Hall–Kier alpha value is -2.08. The normalized spacial score (nSPS) is 9.70. The topological polar surface area (TPSA) is 84.5 Å². The number of hydrogen-bond acceptors (Lipinski definition) is 4. The summed E-state index contributed by atoms with van der Waals surface area (Å²) >= 11 is 5.39. The van der Waals surface area contributed by atoms with Crippen molar-refractivity contribution in [3.63, 3.8) is 0 Å². The summed E-state index contributed by atoms with van der Waals surface area (Å²) in [4.78, 5) is 34.2. The zero-order valence-corrected chi connectivity index (χ0v) is 11.7. The molecule has 0 radical (unpaired) electrons. The minimum absolute atomic E-state index is 0.218. The van der Waals surface area contributed by atoms with Crippen molar-refractivity contribution in [2.24, 2.45) is 0 Å². The first-order valence-electron chi connectivity index (χ1n) is 6.00. The maximum absolute atomic E-state index is 11.5. The predicted molar refractivity (Wildman–Crippen MR) is 74.8 cm³/mol. The quantitative estimate of drug-likeness (QED) is 0.485. The van der Waals surface area contributed by atoms with Crippen LogP contribution < -0.4 is 10.6 Å². The lowest BCUT2D eigenvalue weighted by Gasteiger charge is -2.06. The van der Waals surface area contributed by atoms with Crippen LogP contribution in [0, 0.1) is 0 Å². The Bertz CT molecular complexity index is 488. The van der Waals surface area contributed by atoms with Gasteiger partial charge in [0.15, 0.2) is 0 Å². The minimum Gasteiger partial charge on any atom is -0.462 e. The van der Waals surface area contributed by atoms with E-state index >= 15 is 0 Å². The van der Waals surface area contributed by atoms with Gasteiger partial charge in [-0.25, -0.2) is 4.79 Å². The highest BCUT2D eigenvalue weighted by Crippen LogP contribution is 2.10. The van der Waals surface area contributed by atoms with Gasteiger partial charge in [-0.3, -0.25) is 9.59 Å². The third-order valence-electron chi connectivity index (χ3n) is 2.24. The summed E-state index contributed by atoms with van der Waals surface area (Å²) in [5, 5.41) is 4.74. The fourth-order valence-corrected chi connectivity index (χ4v) is 1.43. The number of rotatable bonds is 5. The lowest BCUT2D eigenvalue weighted by atomic mass is 10.2. The number of benzene rings is 1. The third-order valence-corrected chi connectivity index (χ3v) is 2.43. The summed E-state index contributed by atoms with van der Waals surface area (Å²) < 4.78 is 4.83. The number of esters is 1. The van der Waals surface area contributed by atoms with Gasteiger partial charge >= 0.3 is 17.8 Å². The first-order chi connectivity index (χ1) is 9.58. The average molecular weight is 299 g/mol. The Morgan fingerprint density at radius 2 is 1.80 bits per heavy atom. The fraction of sp³-hybridized carbons (Fsp3) is 0.308. The largest absolute Gasteiger partial charge is 0.462 e. The number of carbonyl (C=O) groups excluding carboxylic acids is 3. The minimum atomic E-state index is -0.793. The number of amides is 2. The van der Waals surface area contributed by atoms with Crippen molar-refractivity contribution in [3.05, 3.63) is 29.8 Å². The molecule has 0 aliphatic heterocycles. The summed E-state index contributed by atoms with van der Waals surface area (Å²) in [6.07, 6.45) is 0. The molecule has 0 saturated carbocycles. The van der Waals surface area contributed by atoms with Gasteiger partial charge in [0.2, 0.25) is 0 Å². The molecule has 108 valence electrons. The van der Waals surface area contributed by atoms with E-state index in [2.05, 4.69) is 10.6 Å². The van der Waals surface area contributed by atoms with Crippen LogP contribution in [-0.2, 0) is 14.3 Å². The monoisotopic (exact) mass is 298 g/mol. The summed E-state index contributed by atoms with van der Waals surface area (Å²) in [5.41, 5.74) is 0.778. The molecular weight excluding hydrogens is 284 g/mol. The maximum atomic E-state index is 11.5. The van der Waals surface area contributed by atoms with Crippen molar-refractivity contribution >= 4 is 35.1 Å². The summed E-state index contributed by atoms with van der Waals surface area (Å²) in [7, 11) is 0. The average Bonchev–Trinajstić information content (AvgIpc) is 2.45. The maximum Gasteiger partial charge on any atom is 0.338 e. The van der Waals surface area contributed by atoms with Gasteiger partial charge in [0.05, 0.1) is 12.2 Å². The second-order valence-corrected chi connectivity index (χ2v) is 4.07. The highest BCUT2D eigenvalue weighted by atomic mass is 35.5. The van der Waals surface area contributed by atoms with Crippen molar-refractivity contribution in [1.29, 1.82) is 0 Å². The van der Waals surface area contributed by atoms with Crippen LogP contribution in [0.4, 0.5) is 5.69 Å². The van der Waals surface area contributed by atoms with Gasteiger partial charge in [-0.1, -0.05) is 0 Å². The molecule has 0 fully saturated rings. The fourth-order valence-electron chi connectivity index (χ4n) is 1.33. The molecule has 6 nitrogen and oxygen atoms in total. The van der Waals surface area contributed by atoms with Crippen LogP contribution in [0.15, 0.2) is 24.3 Å². The predicted octanol–water partition coefficient (Wildman–Crippen LogP) is 1.16. The summed E-state index contributed by atoms with van der Waals surface area (Å²) in [6.45, 7) is 2.22. The summed E-state index contributed by atoms with van der Waals surface area (Å²) in [6, 6.07) is 6.03. The standard InChI is InChI=1S/C13H15ClN2O4/c1-2-20-13(19)9-3-5-10(6-4-9)16-12(18)11(17)15-8-7-14/h3-6H,2,7-8H2,1H3,(H,15,17)(H,16,18). The number of ether oxygens (including phenoxy) is 1. The van der Waals surface area contributed by atoms with Gasteiger partial charge in [-0.2, -0.15) is 0 Å². The molecule has 1 rings (SSSR count). The molecule has 1 aromatic rings. The smallest absolute Gasteiger partial charge is 0.338 e. The van der Waals surface area contributed by atoms with E-state index in [0.717, 1.165) is 0 Å². The third kappa shape index (κ3) is 4.89. The van der Waals surface area contributed by atoms with E-state index in [0.29, 0.717) is 11.3 Å². The lowest BCUT2D eigenvalue weighted by Crippen LogP contribution is -2.36. The van der Waals surface area contributed by atoms with Crippen molar-refractivity contribution < 1.29 is 19.1 Å². The molecule has 0 atom stereocenters. The molecule has 0 heterocycles. The molecular formula is C13H15ClN2O4. The Morgan fingerprint density at radius 1 is 1.15 bits per heavy atom. The molecule has 0 aromatic heterocycles. The van der Waals surface area contributed by atoms with Crippen LogP contribution in [0.5, 0.6) is 0 Å². The van der Waals surface area contributed by atoms with Crippen molar-refractivity contribution in [3.8, 4) is 0 Å². The SMILES string of the molecule is CCOC(=O)c1ccc(NC(=O)C(=O)NCCCl)cc1. The van der Waals surface area contributed by atoms with Crippen LogP contribution >= 0.6 is 11.6 Å². The molecule has 0 spiro atoms. The molecule has 0 unspecified atom stereocenters. The van der Waals surface area contributed by atoms with Crippen molar-refractivity contribution in [2.45, 2.75) is 6.92 Å². The van der Waals surface area contributed by atoms with E-state index in [-0.39, 0.29) is 19.0 Å². The molecule has 0 aliphatic carbocycles. The summed E-state index contributed by atoms with van der Waals surface area (Å²) in [5.74, 6) is -1.77. The number of hydrogen-bond donors (Lipinski definition) is 2. The first-order valence-corrected chi connectivity index (χ1v) is 6.54. The number of carbonyl (C=O) groups is 3. The number of nitrogens with one attached hydrogen (secondary N) is 2. The van der Waals surface area contributed by atoms with Gasteiger partial charge in [0.1, 0.15) is 0 Å². The van der Waals surface area contributed by atoms with Gasteiger partial charge < -0.3 is 15.4 Å². The van der Waals surface area contributed by atoms with Gasteiger partial charge in [0, 0.05) is 18.1 Å². The molecule has 20 heavy (non-hydrogen) atoms. The Kier molecular flexibility index (Phi) is 6.52. The number of halogens is 1. The molecule has 0 aliphatic rings. The lowest BCUT2D eigenvalue weighted by molar-refractivity contribution is -0.136. The second kappa shape index (κ2) is 8.16. The molecule has 0 saturated heterocycles. The first kappa shape index (κ1) is 16.0. The van der Waals surface area contributed by atoms with Crippen LogP contribution in [0.2, 0.25) is 0 Å². The molecule has 2 N–H and O–H groups in total. The second-order valence-electron chi connectivity index (χ2n) is 3.70. The number of anilines is 1. The molecule has 1 aromatic carbocycles. The van der Waals surface area contributed by atoms with E-state index in [1.807, 2.05) is 0 Å². The van der Waals surface area contributed by atoms with Gasteiger partial charge in [-0.05, 0) is 31.2 Å². The highest BCUT2D eigenvalue weighted by Gasteiger charge is 2.13. The zero-order chi connectivity index (χ0) is 15.0. The highest BCUT2D eigenvalue weighted by molar-refractivity contribution is 6.39. The van der Waals surface area contributed by atoms with Gasteiger partial charge in [0.25, 0.3) is 0 Å². The van der Waals surface area contributed by atoms with Gasteiger partial charge in [-0.15, -0.1) is 11.6 Å². The van der Waals surface area contributed by atoms with E-state index < -0.39 is 17.8 Å². The van der Waals surface area contributed by atoms with Crippen LogP contribution in [0.25, 0.3) is 0 Å². The van der Waals surface area contributed by atoms with Crippen LogP contribution in [0.3, 0.4) is 0 Å². The van der Waals surface area contributed by atoms with E-state index in [1.165, 1.54) is 24.3 Å². The number of alkyl halides is 1. The van der Waals surface area contributed by atoms with E-state index in [4.69, 9.17) is 16.3 Å². The van der Waals surface area contributed by atoms with E-state index in [1.54, 1.807) is 6.92 Å². The molecule has 7 heteroatoms. The Morgan fingerprint density at radius 3 is 2.35 bits per heavy atom. The Labute approximate surface area is 121 Å². The van der Waals surface area contributed by atoms with E-state index in [9.17, 15) is 14.4 Å². The molecule has 2 amide bonds. The zero-order valence-electron chi connectivity index (χ0n) is 10.9. The van der Waals surface area contributed by atoms with Crippen LogP contribution in [0.1, 0.15) is 17.3 Å². The molecule has 0 bridgehead atoms.